The number of hydrogen-bond acceptors (Lipinski definition) is 4. The molecule has 0 aromatic heterocycles. The van der Waals surface area contributed by atoms with E-state index in [2.05, 4.69) is 5.10 Å². The minimum absolute atomic E-state index is 0.0596. The molecule has 94 valence electrons. The first-order chi connectivity index (χ1) is 8.08. The van der Waals surface area contributed by atoms with Crippen molar-refractivity contribution in [2.75, 3.05) is 20.1 Å². The van der Waals surface area contributed by atoms with Crippen LogP contribution in [0.5, 0.6) is 0 Å². The first-order valence-electron chi connectivity index (χ1n) is 5.89. The quantitative estimate of drug-likeness (QED) is 0.675. The number of hydrogen-bond donors (Lipinski definition) is 1. The number of nitrogens with zero attached hydrogens (tertiary/aromatic N) is 3. The fourth-order valence-corrected chi connectivity index (χ4v) is 2.08. The predicted octanol–water partition coefficient (Wildman–Crippen LogP) is -0.422. The lowest BCUT2D eigenvalue weighted by Crippen LogP contribution is -2.45. The van der Waals surface area contributed by atoms with Gasteiger partial charge in [0.2, 0.25) is 5.91 Å². The van der Waals surface area contributed by atoms with Crippen LogP contribution in [0.3, 0.4) is 0 Å². The Labute approximate surface area is 99.9 Å². The Balaban J connectivity index is 2.00. The van der Waals surface area contributed by atoms with Crippen LogP contribution in [0.15, 0.2) is 5.10 Å². The fourth-order valence-electron chi connectivity index (χ4n) is 2.08. The number of aliphatic hydroxyl groups excluding tert-OH is 1. The maximum absolute atomic E-state index is 12.1. The molecule has 0 aliphatic carbocycles. The number of rotatable bonds is 1. The number of amides is 2. The first kappa shape index (κ1) is 12.0. The van der Waals surface area contributed by atoms with Gasteiger partial charge < -0.3 is 10.0 Å². The van der Waals surface area contributed by atoms with E-state index >= 15 is 0 Å². The van der Waals surface area contributed by atoms with Gasteiger partial charge in [-0.1, -0.05) is 0 Å². The molecule has 0 atom stereocenters. The van der Waals surface area contributed by atoms with Crippen molar-refractivity contribution in [3.05, 3.63) is 0 Å². The molecule has 0 unspecified atom stereocenters. The average molecular weight is 239 g/mol. The molecular weight excluding hydrogens is 222 g/mol. The molecule has 2 rings (SSSR count). The Morgan fingerprint density at radius 1 is 1.35 bits per heavy atom. The molecule has 1 saturated heterocycles. The zero-order chi connectivity index (χ0) is 12.4. The van der Waals surface area contributed by atoms with Crippen molar-refractivity contribution in [2.45, 2.75) is 31.8 Å². The van der Waals surface area contributed by atoms with E-state index in [1.54, 1.807) is 11.9 Å². The van der Waals surface area contributed by atoms with Crippen LogP contribution in [0.4, 0.5) is 0 Å². The Morgan fingerprint density at radius 2 is 2.00 bits per heavy atom. The van der Waals surface area contributed by atoms with Crippen LogP contribution in [-0.2, 0) is 9.59 Å². The van der Waals surface area contributed by atoms with Gasteiger partial charge in [-0.2, -0.15) is 5.10 Å². The second-order valence-electron chi connectivity index (χ2n) is 4.49. The van der Waals surface area contributed by atoms with E-state index in [4.69, 9.17) is 0 Å². The van der Waals surface area contributed by atoms with Crippen molar-refractivity contribution >= 4 is 17.5 Å². The summed E-state index contributed by atoms with van der Waals surface area (Å²) in [4.78, 5) is 25.0. The van der Waals surface area contributed by atoms with Gasteiger partial charge in [0.1, 0.15) is 5.71 Å². The van der Waals surface area contributed by atoms with E-state index < -0.39 is 0 Å². The van der Waals surface area contributed by atoms with Gasteiger partial charge >= 0.3 is 0 Å². The lowest BCUT2D eigenvalue weighted by atomic mass is 10.1. The lowest BCUT2D eigenvalue weighted by Gasteiger charge is -2.31. The zero-order valence-electron chi connectivity index (χ0n) is 9.93. The molecule has 0 aromatic carbocycles. The highest BCUT2D eigenvalue weighted by Gasteiger charge is 2.28. The summed E-state index contributed by atoms with van der Waals surface area (Å²) in [6.07, 6.45) is 1.71. The van der Waals surface area contributed by atoms with Crippen LogP contribution in [0, 0.1) is 0 Å². The van der Waals surface area contributed by atoms with E-state index in [0.29, 0.717) is 44.5 Å². The van der Waals surface area contributed by atoms with E-state index in [0.717, 1.165) is 0 Å². The van der Waals surface area contributed by atoms with Gasteiger partial charge in [-0.05, 0) is 12.8 Å². The molecule has 0 bridgehead atoms. The van der Waals surface area contributed by atoms with Gasteiger partial charge in [0, 0.05) is 33.0 Å². The molecule has 0 spiro atoms. The van der Waals surface area contributed by atoms with Crippen LogP contribution in [0.1, 0.15) is 25.7 Å². The molecule has 1 N–H and O–H groups in total. The first-order valence-corrected chi connectivity index (χ1v) is 5.89. The molecule has 2 aliphatic heterocycles. The molecule has 6 heteroatoms. The molecule has 6 nitrogen and oxygen atoms in total. The monoisotopic (exact) mass is 239 g/mol. The number of hydrazone groups is 1. The summed E-state index contributed by atoms with van der Waals surface area (Å²) in [7, 11) is 1.56. The standard InChI is InChI=1S/C11H17N3O3/c1-13-10(16)3-2-9(12-13)11(17)14-6-4-8(15)5-7-14/h8,15H,2-7H2,1H3. The van der Waals surface area contributed by atoms with Crippen molar-refractivity contribution in [3.8, 4) is 0 Å². The van der Waals surface area contributed by atoms with Crippen LogP contribution >= 0.6 is 0 Å². The van der Waals surface area contributed by atoms with Crippen LogP contribution in [0.2, 0.25) is 0 Å². The largest absolute Gasteiger partial charge is 0.393 e. The minimum Gasteiger partial charge on any atom is -0.393 e. The molecule has 0 radical (unpaired) electrons. The average Bonchev–Trinajstić information content (AvgIpc) is 2.33. The number of carbonyl (C=O) groups excluding carboxylic acids is 2. The SMILES string of the molecule is CN1N=C(C(=O)N2CCC(O)CC2)CCC1=O. The van der Waals surface area contributed by atoms with E-state index in [9.17, 15) is 14.7 Å². The molecule has 2 aliphatic rings. The van der Waals surface area contributed by atoms with Crippen molar-refractivity contribution < 1.29 is 14.7 Å². The number of piperidine rings is 1. The molecule has 0 aromatic rings. The zero-order valence-corrected chi connectivity index (χ0v) is 9.93. The van der Waals surface area contributed by atoms with Gasteiger partial charge in [0.05, 0.1) is 6.10 Å². The third kappa shape index (κ3) is 2.63. The summed E-state index contributed by atoms with van der Waals surface area (Å²) >= 11 is 0. The number of aliphatic hydroxyl groups is 1. The Morgan fingerprint density at radius 3 is 2.59 bits per heavy atom. The summed E-state index contributed by atoms with van der Waals surface area (Å²) in [6, 6.07) is 0. The van der Waals surface area contributed by atoms with E-state index in [1.165, 1.54) is 5.01 Å². The van der Waals surface area contributed by atoms with Crippen LogP contribution in [0.25, 0.3) is 0 Å². The lowest BCUT2D eigenvalue weighted by molar-refractivity contribution is -0.131. The molecule has 17 heavy (non-hydrogen) atoms. The summed E-state index contributed by atoms with van der Waals surface area (Å²) in [5.41, 5.74) is 0.448. The highest BCUT2D eigenvalue weighted by atomic mass is 16.3. The second kappa shape index (κ2) is 4.83. The van der Waals surface area contributed by atoms with Gasteiger partial charge in [-0.25, -0.2) is 5.01 Å². The maximum atomic E-state index is 12.1. The smallest absolute Gasteiger partial charge is 0.270 e. The number of carbonyl (C=O) groups is 2. The van der Waals surface area contributed by atoms with Crippen molar-refractivity contribution in [3.63, 3.8) is 0 Å². The van der Waals surface area contributed by atoms with Gasteiger partial charge in [-0.3, -0.25) is 9.59 Å². The summed E-state index contributed by atoms with van der Waals surface area (Å²) in [5, 5.41) is 14.6. The normalized spacial score (nSPS) is 22.7. The Bertz CT molecular complexity index is 359. The minimum atomic E-state index is -0.295. The molecule has 0 saturated carbocycles. The van der Waals surface area contributed by atoms with Crippen molar-refractivity contribution in [1.82, 2.24) is 9.91 Å². The molecule has 2 heterocycles. The third-order valence-corrected chi connectivity index (χ3v) is 3.21. The predicted molar refractivity (Wildman–Crippen MR) is 61.3 cm³/mol. The van der Waals surface area contributed by atoms with E-state index in [-0.39, 0.29) is 17.9 Å². The molecule has 1 fully saturated rings. The van der Waals surface area contributed by atoms with Gasteiger partial charge in [0.25, 0.3) is 5.91 Å². The Kier molecular flexibility index (Phi) is 3.42. The van der Waals surface area contributed by atoms with Gasteiger partial charge in [-0.15, -0.1) is 0 Å². The second-order valence-corrected chi connectivity index (χ2v) is 4.49. The van der Waals surface area contributed by atoms with Crippen LogP contribution in [-0.4, -0.2) is 58.8 Å². The highest BCUT2D eigenvalue weighted by Crippen LogP contribution is 2.14. The molecule has 2 amide bonds. The Hall–Kier alpha value is -1.43. The fraction of sp³-hybridized carbons (Fsp3) is 0.727. The van der Waals surface area contributed by atoms with Gasteiger partial charge in [0.15, 0.2) is 0 Å². The van der Waals surface area contributed by atoms with Crippen molar-refractivity contribution in [2.24, 2.45) is 5.10 Å². The highest BCUT2D eigenvalue weighted by molar-refractivity contribution is 6.39. The van der Waals surface area contributed by atoms with Crippen LogP contribution < -0.4 is 0 Å². The van der Waals surface area contributed by atoms with Crippen molar-refractivity contribution in [1.29, 1.82) is 0 Å². The summed E-state index contributed by atoms with van der Waals surface area (Å²) in [5.74, 6) is -0.160. The third-order valence-electron chi connectivity index (χ3n) is 3.21. The maximum Gasteiger partial charge on any atom is 0.270 e. The van der Waals surface area contributed by atoms with E-state index in [1.807, 2.05) is 0 Å². The summed E-state index contributed by atoms with van der Waals surface area (Å²) in [6.45, 7) is 1.13. The molecular formula is C11H17N3O3. The topological polar surface area (TPSA) is 73.2 Å². The number of likely N-dealkylation sites (tertiary alicyclic amines) is 1. The summed E-state index contributed by atoms with van der Waals surface area (Å²) < 4.78 is 0.